The van der Waals surface area contributed by atoms with E-state index in [1.54, 1.807) is 6.07 Å². The molecule has 2 N–H and O–H groups in total. The summed E-state index contributed by atoms with van der Waals surface area (Å²) in [7, 11) is -4.18. The van der Waals surface area contributed by atoms with Crippen LogP contribution in [0.5, 0.6) is 5.75 Å². The van der Waals surface area contributed by atoms with Gasteiger partial charge < -0.3 is 9.64 Å². The molecule has 1 saturated heterocycles. The molecule has 0 saturated carbocycles. The van der Waals surface area contributed by atoms with Crippen LogP contribution in [-0.2, 0) is 10.0 Å². The third-order valence-corrected chi connectivity index (χ3v) is 5.59. The number of sulfonamides is 1. The topological polar surface area (TPSA) is 116 Å². The Balaban J connectivity index is 1.70. The van der Waals surface area contributed by atoms with E-state index in [2.05, 4.69) is 0 Å². The second-order valence-corrected chi connectivity index (χ2v) is 8.01. The molecule has 144 valence electrons. The summed E-state index contributed by atoms with van der Waals surface area (Å²) in [5.74, 6) is 1.15. The van der Waals surface area contributed by atoms with Gasteiger partial charge in [0.15, 0.2) is 4.90 Å². The maximum atomic E-state index is 11.7. The molecule has 1 heterocycles. The van der Waals surface area contributed by atoms with Crippen molar-refractivity contribution in [2.75, 3.05) is 24.6 Å². The van der Waals surface area contributed by atoms with Crippen molar-refractivity contribution in [3.8, 4) is 5.75 Å². The van der Waals surface area contributed by atoms with Gasteiger partial charge in [-0.3, -0.25) is 10.1 Å². The number of nitrogens with zero attached hydrogens (tertiary/aromatic N) is 2. The Bertz CT molecular complexity index is 910. The molecule has 2 aromatic carbocycles. The molecule has 3 rings (SSSR count). The summed E-state index contributed by atoms with van der Waals surface area (Å²) in [6, 6.07) is 13.8. The normalized spacial score (nSPS) is 15.5. The van der Waals surface area contributed by atoms with Gasteiger partial charge in [0, 0.05) is 13.1 Å². The minimum absolute atomic E-state index is 0.286. The summed E-state index contributed by atoms with van der Waals surface area (Å²) in [4.78, 5) is 12.2. The van der Waals surface area contributed by atoms with Gasteiger partial charge in [0.05, 0.1) is 11.5 Å². The zero-order valence-corrected chi connectivity index (χ0v) is 15.5. The third-order valence-electron chi connectivity index (χ3n) is 4.65. The predicted molar refractivity (Wildman–Crippen MR) is 101 cm³/mol. The second kappa shape index (κ2) is 7.93. The number of anilines is 1. The van der Waals surface area contributed by atoms with Gasteiger partial charge in [0.2, 0.25) is 10.0 Å². The van der Waals surface area contributed by atoms with Gasteiger partial charge in [0.25, 0.3) is 0 Å². The molecule has 0 unspecified atom stereocenters. The average Bonchev–Trinajstić information content (AvgIpc) is 2.66. The smallest absolute Gasteiger partial charge is 0.312 e. The summed E-state index contributed by atoms with van der Waals surface area (Å²) in [6.45, 7) is 1.74. The van der Waals surface area contributed by atoms with Crippen LogP contribution < -0.4 is 14.8 Å². The Kier molecular flexibility index (Phi) is 5.62. The Labute approximate surface area is 157 Å². The monoisotopic (exact) mass is 391 g/mol. The van der Waals surface area contributed by atoms with E-state index in [0.717, 1.165) is 24.7 Å². The van der Waals surface area contributed by atoms with Crippen LogP contribution in [0.1, 0.15) is 12.8 Å². The van der Waals surface area contributed by atoms with E-state index in [-0.39, 0.29) is 5.69 Å². The van der Waals surface area contributed by atoms with Gasteiger partial charge >= 0.3 is 5.69 Å². The van der Waals surface area contributed by atoms with E-state index in [1.165, 1.54) is 6.07 Å². The highest BCUT2D eigenvalue weighted by atomic mass is 32.2. The number of ether oxygens (including phenoxy) is 1. The maximum Gasteiger partial charge on any atom is 0.312 e. The molecular formula is C18H21N3O5S. The van der Waals surface area contributed by atoms with Gasteiger partial charge in [-0.05, 0) is 43.0 Å². The number of nitro benzene ring substituents is 1. The van der Waals surface area contributed by atoms with Crippen molar-refractivity contribution in [3.63, 3.8) is 0 Å². The second-order valence-electron chi connectivity index (χ2n) is 6.48. The molecule has 0 aliphatic carbocycles. The summed E-state index contributed by atoms with van der Waals surface area (Å²) < 4.78 is 29.2. The van der Waals surface area contributed by atoms with Crippen molar-refractivity contribution >= 4 is 21.4 Å². The Morgan fingerprint density at radius 3 is 2.37 bits per heavy atom. The van der Waals surface area contributed by atoms with Crippen molar-refractivity contribution in [1.29, 1.82) is 0 Å². The Hall–Kier alpha value is -2.65. The van der Waals surface area contributed by atoms with Crippen LogP contribution >= 0.6 is 0 Å². The minimum Gasteiger partial charge on any atom is -0.493 e. The number of benzene rings is 2. The van der Waals surface area contributed by atoms with Crippen LogP contribution in [0.2, 0.25) is 0 Å². The van der Waals surface area contributed by atoms with Crippen LogP contribution in [0.15, 0.2) is 53.4 Å². The molecule has 0 atom stereocenters. The van der Waals surface area contributed by atoms with E-state index < -0.39 is 25.5 Å². The average molecular weight is 391 g/mol. The third kappa shape index (κ3) is 4.55. The quantitative estimate of drug-likeness (QED) is 0.597. The summed E-state index contributed by atoms with van der Waals surface area (Å²) in [6.07, 6.45) is 1.59. The molecular weight excluding hydrogens is 370 g/mol. The first-order valence-corrected chi connectivity index (χ1v) is 10.1. The zero-order chi connectivity index (χ0) is 19.4. The van der Waals surface area contributed by atoms with Crippen molar-refractivity contribution in [1.82, 2.24) is 0 Å². The number of hydrogen-bond acceptors (Lipinski definition) is 6. The fourth-order valence-corrected chi connectivity index (χ4v) is 3.97. The lowest BCUT2D eigenvalue weighted by molar-refractivity contribution is -0.387. The molecule has 2 aromatic rings. The number of rotatable bonds is 6. The largest absolute Gasteiger partial charge is 0.493 e. The molecule has 0 spiro atoms. The number of hydrogen-bond donors (Lipinski definition) is 1. The number of para-hydroxylation sites is 2. The number of nitrogens with two attached hydrogens (primary N) is 1. The fraction of sp³-hybridized carbons (Fsp3) is 0.333. The fourth-order valence-electron chi connectivity index (χ4n) is 3.25. The molecule has 0 amide bonds. The van der Waals surface area contributed by atoms with Crippen molar-refractivity contribution in [2.45, 2.75) is 17.7 Å². The van der Waals surface area contributed by atoms with Gasteiger partial charge in [-0.25, -0.2) is 13.6 Å². The number of primary sulfonamides is 1. The highest BCUT2D eigenvalue weighted by molar-refractivity contribution is 7.89. The Morgan fingerprint density at radius 2 is 1.78 bits per heavy atom. The molecule has 0 radical (unpaired) electrons. The van der Waals surface area contributed by atoms with E-state index in [4.69, 9.17) is 9.88 Å². The maximum absolute atomic E-state index is 11.7. The molecule has 1 aliphatic rings. The number of piperidine rings is 1. The van der Waals surface area contributed by atoms with E-state index in [9.17, 15) is 18.5 Å². The van der Waals surface area contributed by atoms with Crippen LogP contribution in [0.25, 0.3) is 0 Å². The zero-order valence-electron chi connectivity index (χ0n) is 14.7. The first-order valence-electron chi connectivity index (χ1n) is 8.59. The van der Waals surface area contributed by atoms with E-state index in [1.807, 2.05) is 35.2 Å². The highest BCUT2D eigenvalue weighted by Gasteiger charge is 2.31. The molecule has 8 nitrogen and oxygen atoms in total. The lowest BCUT2D eigenvalue weighted by Crippen LogP contribution is -2.36. The molecule has 1 aliphatic heterocycles. The molecule has 1 fully saturated rings. The molecule has 0 aromatic heterocycles. The van der Waals surface area contributed by atoms with Crippen LogP contribution in [0.3, 0.4) is 0 Å². The number of nitro groups is 1. The highest BCUT2D eigenvalue weighted by Crippen LogP contribution is 2.36. The van der Waals surface area contributed by atoms with Gasteiger partial charge in [-0.2, -0.15) is 0 Å². The van der Waals surface area contributed by atoms with Crippen molar-refractivity contribution in [2.24, 2.45) is 11.1 Å². The van der Waals surface area contributed by atoms with Crippen molar-refractivity contribution in [3.05, 3.63) is 58.6 Å². The van der Waals surface area contributed by atoms with Gasteiger partial charge in [-0.1, -0.05) is 24.3 Å². The minimum atomic E-state index is -4.18. The summed E-state index contributed by atoms with van der Waals surface area (Å²) in [5.41, 5.74) is -0.173. The Morgan fingerprint density at radius 1 is 1.11 bits per heavy atom. The SMILES string of the molecule is NS(=O)(=O)c1cccc(N2CCC(COc3ccccc3)CC2)c1[N+](=O)[O-]. The van der Waals surface area contributed by atoms with Crippen LogP contribution in [-0.4, -0.2) is 33.0 Å². The van der Waals surface area contributed by atoms with E-state index in [0.29, 0.717) is 25.6 Å². The van der Waals surface area contributed by atoms with Crippen LogP contribution in [0.4, 0.5) is 11.4 Å². The molecule has 9 heteroatoms. The summed E-state index contributed by atoms with van der Waals surface area (Å²) in [5, 5.41) is 16.6. The lowest BCUT2D eigenvalue weighted by Gasteiger charge is -2.33. The lowest BCUT2D eigenvalue weighted by atomic mass is 9.97. The molecule has 0 bridgehead atoms. The first-order chi connectivity index (χ1) is 12.9. The first kappa shape index (κ1) is 19.1. The predicted octanol–water partition coefficient (Wildman–Crippen LogP) is 2.54. The van der Waals surface area contributed by atoms with E-state index >= 15 is 0 Å². The van der Waals surface area contributed by atoms with Crippen molar-refractivity contribution < 1.29 is 18.1 Å². The standard InChI is InChI=1S/C18H21N3O5S/c19-27(24,25)17-8-4-7-16(18(17)21(22)23)20-11-9-14(10-12-20)13-26-15-5-2-1-3-6-15/h1-8,14H,9-13H2,(H2,19,24,25). The summed E-state index contributed by atoms with van der Waals surface area (Å²) >= 11 is 0. The molecule has 27 heavy (non-hydrogen) atoms. The van der Waals surface area contributed by atoms with Crippen LogP contribution in [0, 0.1) is 16.0 Å². The van der Waals surface area contributed by atoms with Gasteiger partial charge in [-0.15, -0.1) is 0 Å². The van der Waals surface area contributed by atoms with Gasteiger partial charge in [0.1, 0.15) is 11.4 Å².